The average Bonchev–Trinajstić information content (AvgIpc) is 1.56. The van der Waals surface area contributed by atoms with E-state index in [9.17, 15) is 43.2 Å². The van der Waals surface area contributed by atoms with Gasteiger partial charge < -0.3 is 33.8 Å². The Morgan fingerprint density at radius 2 is 0.554 bits per heavy atom. The Morgan fingerprint density at radius 1 is 0.315 bits per heavy atom. The lowest BCUT2D eigenvalue weighted by Crippen LogP contribution is -2.30. The molecule has 546 valence electrons. The van der Waals surface area contributed by atoms with E-state index < -0.39 is 97.5 Å². The largest absolute Gasteiger partial charge is 0.472 e. The summed E-state index contributed by atoms with van der Waals surface area (Å²) in [6.07, 6.45) is 51.3. The topological polar surface area (TPSA) is 237 Å². The first-order valence-corrected chi connectivity index (χ1v) is 41.0. The number of hydrogen-bond acceptors (Lipinski definition) is 15. The summed E-state index contributed by atoms with van der Waals surface area (Å²) in [5.41, 5.74) is 0. The van der Waals surface area contributed by atoms with Crippen LogP contribution in [0.25, 0.3) is 0 Å². The van der Waals surface area contributed by atoms with Crippen LogP contribution in [0.2, 0.25) is 0 Å². The number of unbranched alkanes of at least 4 members (excludes halogenated alkanes) is 41. The van der Waals surface area contributed by atoms with Gasteiger partial charge in [-0.2, -0.15) is 0 Å². The zero-order valence-electron chi connectivity index (χ0n) is 59.9. The van der Waals surface area contributed by atoms with Gasteiger partial charge in [0.25, 0.3) is 0 Å². The molecule has 0 saturated heterocycles. The molecule has 0 spiro atoms. The minimum absolute atomic E-state index is 0.103. The fourth-order valence-electron chi connectivity index (χ4n) is 11.1. The van der Waals surface area contributed by atoms with Crippen molar-refractivity contribution < 1.29 is 80.2 Å². The van der Waals surface area contributed by atoms with Crippen LogP contribution in [0, 0.1) is 11.8 Å². The van der Waals surface area contributed by atoms with Gasteiger partial charge in [0.05, 0.1) is 26.4 Å². The SMILES string of the molecule is CCCCCCCCCCCCCCCC(=O)OC[C@H](COP(=O)(O)OC[C@@H](O)COP(=O)(O)OC[C@@H](COC(=O)CCCCCCCCCCCC)OC(=O)CCCCCCCCC(C)CC)OC(=O)CCCCCCCCCCCCCCCCCCC(C)C. The van der Waals surface area contributed by atoms with Crippen LogP contribution in [0.15, 0.2) is 0 Å². The van der Waals surface area contributed by atoms with Crippen molar-refractivity contribution in [1.29, 1.82) is 0 Å². The van der Waals surface area contributed by atoms with E-state index in [4.69, 9.17) is 37.0 Å². The maximum Gasteiger partial charge on any atom is 0.472 e. The van der Waals surface area contributed by atoms with Crippen molar-refractivity contribution in [2.75, 3.05) is 39.6 Å². The first kappa shape index (κ1) is 90.1. The summed E-state index contributed by atoms with van der Waals surface area (Å²) in [6.45, 7) is 9.55. The van der Waals surface area contributed by atoms with E-state index >= 15 is 0 Å². The fraction of sp³-hybridized carbons (Fsp3) is 0.945. The maximum absolute atomic E-state index is 13.1. The van der Waals surface area contributed by atoms with Crippen molar-refractivity contribution in [2.24, 2.45) is 11.8 Å². The molecule has 19 heteroatoms. The van der Waals surface area contributed by atoms with Gasteiger partial charge in [0.2, 0.25) is 0 Å². The molecule has 0 heterocycles. The Labute approximate surface area is 562 Å². The normalized spacial score (nSPS) is 14.4. The molecule has 0 aliphatic carbocycles. The molecule has 0 aliphatic heterocycles. The third-order valence-electron chi connectivity index (χ3n) is 17.3. The highest BCUT2D eigenvalue weighted by Gasteiger charge is 2.30. The summed E-state index contributed by atoms with van der Waals surface area (Å²) in [4.78, 5) is 72.6. The van der Waals surface area contributed by atoms with Crippen LogP contribution in [-0.2, 0) is 65.4 Å². The van der Waals surface area contributed by atoms with Gasteiger partial charge in [-0.1, -0.05) is 324 Å². The quantitative estimate of drug-likeness (QED) is 0.0222. The lowest BCUT2D eigenvalue weighted by atomic mass is 10.00. The number of phosphoric ester groups is 2. The molecular weight excluding hydrogens is 1210 g/mol. The highest BCUT2D eigenvalue weighted by atomic mass is 31.2. The minimum atomic E-state index is -4.95. The number of esters is 4. The molecule has 0 rings (SSSR count). The third kappa shape index (κ3) is 65.4. The van der Waals surface area contributed by atoms with Crippen LogP contribution in [0.5, 0.6) is 0 Å². The molecule has 0 saturated carbocycles. The Hall–Kier alpha value is -1.94. The molecule has 0 aliphatic rings. The molecule has 6 atom stereocenters. The van der Waals surface area contributed by atoms with Crippen molar-refractivity contribution >= 4 is 39.5 Å². The molecule has 0 bridgehead atoms. The first-order valence-electron chi connectivity index (χ1n) is 38.0. The van der Waals surface area contributed by atoms with Crippen molar-refractivity contribution in [2.45, 2.75) is 394 Å². The molecule has 0 radical (unpaired) electrons. The van der Waals surface area contributed by atoms with Gasteiger partial charge in [0.15, 0.2) is 12.2 Å². The minimum Gasteiger partial charge on any atom is -0.462 e. The molecule has 0 aromatic rings. The third-order valence-corrected chi connectivity index (χ3v) is 19.2. The molecule has 17 nitrogen and oxygen atoms in total. The Balaban J connectivity index is 5.21. The Morgan fingerprint density at radius 3 is 0.826 bits per heavy atom. The van der Waals surface area contributed by atoms with Gasteiger partial charge in [-0.25, -0.2) is 9.13 Å². The maximum atomic E-state index is 13.1. The van der Waals surface area contributed by atoms with Crippen LogP contribution < -0.4 is 0 Å². The van der Waals surface area contributed by atoms with E-state index in [2.05, 4.69) is 41.5 Å². The lowest BCUT2D eigenvalue weighted by Gasteiger charge is -2.21. The lowest BCUT2D eigenvalue weighted by molar-refractivity contribution is -0.161. The van der Waals surface area contributed by atoms with Crippen LogP contribution in [0.3, 0.4) is 0 Å². The van der Waals surface area contributed by atoms with E-state index in [0.29, 0.717) is 25.7 Å². The molecule has 0 fully saturated rings. The first-order chi connectivity index (χ1) is 44.4. The van der Waals surface area contributed by atoms with Gasteiger partial charge in [-0.3, -0.25) is 37.3 Å². The summed E-state index contributed by atoms with van der Waals surface area (Å²) < 4.78 is 68.4. The standard InChI is InChI=1S/C73H142O17P2/c1-7-10-12-14-16-18-20-25-29-33-37-44-50-56-71(76)83-61-68(89-72(77)57-51-45-38-34-30-27-24-22-21-23-26-28-31-35-41-47-53-65(4)5)63-87-91(79,80)85-59-67(74)60-86-92(81,82)88-64-69(90-73(78)58-52-46-40-39-42-48-54-66(6)9-3)62-84-70(75)55-49-43-36-32-19-17-15-13-11-8-2/h65-69,74H,7-64H2,1-6H3,(H,79,80)(H,81,82)/t66?,67-,68-,69-/m1/s1. The highest BCUT2D eigenvalue weighted by molar-refractivity contribution is 7.47. The summed E-state index contributed by atoms with van der Waals surface area (Å²) in [6, 6.07) is 0. The van der Waals surface area contributed by atoms with Crippen LogP contribution in [-0.4, -0.2) is 96.7 Å². The molecule has 3 unspecified atom stereocenters. The number of rotatable bonds is 72. The second-order valence-corrected chi connectivity index (χ2v) is 30.0. The number of carbonyl (C=O) groups excluding carboxylic acids is 4. The molecule has 3 N–H and O–H groups in total. The smallest absolute Gasteiger partial charge is 0.462 e. The number of aliphatic hydroxyl groups excluding tert-OH is 1. The van der Waals surface area contributed by atoms with E-state index in [-0.39, 0.29) is 25.7 Å². The zero-order valence-corrected chi connectivity index (χ0v) is 61.6. The van der Waals surface area contributed by atoms with Crippen molar-refractivity contribution in [3.05, 3.63) is 0 Å². The summed E-state index contributed by atoms with van der Waals surface area (Å²) in [7, 11) is -9.90. The summed E-state index contributed by atoms with van der Waals surface area (Å²) >= 11 is 0. The van der Waals surface area contributed by atoms with E-state index in [1.54, 1.807) is 0 Å². The predicted molar refractivity (Wildman–Crippen MR) is 372 cm³/mol. The van der Waals surface area contributed by atoms with Crippen LogP contribution >= 0.6 is 15.6 Å². The monoisotopic (exact) mass is 1350 g/mol. The number of aliphatic hydroxyl groups is 1. The van der Waals surface area contributed by atoms with E-state index in [1.807, 2.05) is 0 Å². The number of ether oxygens (including phenoxy) is 4. The Bertz CT molecular complexity index is 1790. The van der Waals surface area contributed by atoms with E-state index in [0.717, 1.165) is 102 Å². The molecule has 0 aromatic heterocycles. The van der Waals surface area contributed by atoms with Gasteiger partial charge >= 0.3 is 39.5 Å². The highest BCUT2D eigenvalue weighted by Crippen LogP contribution is 2.45. The van der Waals surface area contributed by atoms with Crippen LogP contribution in [0.1, 0.15) is 375 Å². The van der Waals surface area contributed by atoms with Crippen molar-refractivity contribution in [1.82, 2.24) is 0 Å². The van der Waals surface area contributed by atoms with Crippen LogP contribution in [0.4, 0.5) is 0 Å². The van der Waals surface area contributed by atoms with Gasteiger partial charge in [-0.05, 0) is 37.5 Å². The number of phosphoric acid groups is 2. The van der Waals surface area contributed by atoms with E-state index in [1.165, 1.54) is 193 Å². The predicted octanol–water partition coefficient (Wildman–Crippen LogP) is 21.2. The fourth-order valence-corrected chi connectivity index (χ4v) is 12.7. The molecule has 0 amide bonds. The zero-order chi connectivity index (χ0) is 67.9. The Kier molecular flexibility index (Phi) is 63.7. The summed E-state index contributed by atoms with van der Waals surface area (Å²) in [5, 5.41) is 10.6. The molecule has 92 heavy (non-hydrogen) atoms. The average molecular weight is 1350 g/mol. The van der Waals surface area contributed by atoms with Gasteiger partial charge in [0.1, 0.15) is 19.3 Å². The van der Waals surface area contributed by atoms with Gasteiger partial charge in [-0.15, -0.1) is 0 Å². The van der Waals surface area contributed by atoms with Crippen molar-refractivity contribution in [3.63, 3.8) is 0 Å². The second kappa shape index (κ2) is 65.0. The van der Waals surface area contributed by atoms with Gasteiger partial charge in [0, 0.05) is 25.7 Å². The molecular formula is C73H142O17P2. The second-order valence-electron chi connectivity index (χ2n) is 27.1. The van der Waals surface area contributed by atoms with Crippen molar-refractivity contribution in [3.8, 4) is 0 Å². The number of carbonyl (C=O) groups is 4. The molecule has 0 aromatic carbocycles. The summed E-state index contributed by atoms with van der Waals surface area (Å²) in [5.74, 6) is -0.592. The number of hydrogen-bond donors (Lipinski definition) is 3.